The molecule has 12 unspecified atom stereocenters. The van der Waals surface area contributed by atoms with E-state index in [0.29, 0.717) is 79.3 Å². The summed E-state index contributed by atoms with van der Waals surface area (Å²) < 4.78 is 138. The van der Waals surface area contributed by atoms with Crippen LogP contribution < -0.4 is 5.32 Å². The maximum Gasteiger partial charge on any atom is 0.163 e. The van der Waals surface area contributed by atoms with Gasteiger partial charge in [0.2, 0.25) is 0 Å². The number of aliphatic hydroxyl groups excluding tert-OH is 2. The van der Waals surface area contributed by atoms with Gasteiger partial charge in [-0.15, -0.1) is 0 Å². The van der Waals surface area contributed by atoms with Crippen LogP contribution in [0.4, 0.5) is 0 Å². The molecule has 2 saturated heterocycles. The van der Waals surface area contributed by atoms with Gasteiger partial charge >= 0.3 is 0 Å². The van der Waals surface area contributed by atoms with Crippen molar-refractivity contribution in [1.82, 2.24) is 5.32 Å². The largest absolute Gasteiger partial charge is 0.389 e. The van der Waals surface area contributed by atoms with Crippen molar-refractivity contribution >= 4 is 0 Å². The first kappa shape index (κ1) is 97.9. The van der Waals surface area contributed by atoms with E-state index in [1.165, 1.54) is 0 Å². The summed E-state index contributed by atoms with van der Waals surface area (Å²) in [6.45, 7) is 15.3. The van der Waals surface area contributed by atoms with Crippen molar-refractivity contribution in [3.63, 3.8) is 0 Å². The average Bonchev–Trinajstić information content (AvgIpc) is 1.73. The Kier molecular flexibility index (Phi) is 46.3. The van der Waals surface area contributed by atoms with E-state index in [1.807, 2.05) is 270 Å². The second-order valence-corrected chi connectivity index (χ2v) is 31.6. The Morgan fingerprint density at radius 2 is 0.415 bits per heavy atom. The molecule has 25 heteroatoms. The van der Waals surface area contributed by atoms with Crippen LogP contribution in [0.15, 0.2) is 243 Å². The molecule has 0 radical (unpaired) electrons. The fourth-order valence-electron chi connectivity index (χ4n) is 13.0. The summed E-state index contributed by atoms with van der Waals surface area (Å²) >= 11 is 0. The Balaban J connectivity index is 0.674. The van der Waals surface area contributed by atoms with E-state index in [2.05, 4.69) is 5.32 Å². The fourth-order valence-corrected chi connectivity index (χ4v) is 13.0. The van der Waals surface area contributed by atoms with Gasteiger partial charge in [0.1, 0.15) is 61.0 Å². The summed E-state index contributed by atoms with van der Waals surface area (Å²) in [5.74, 6) is -1.31. The van der Waals surface area contributed by atoms with Crippen molar-refractivity contribution in [3.8, 4) is 0 Å². The normalized spacial score (nSPS) is 17.6. The van der Waals surface area contributed by atoms with Gasteiger partial charge in [-0.1, -0.05) is 243 Å². The quantitative estimate of drug-likeness (QED) is 0.0320. The number of hydrogen-bond acceptors (Lipinski definition) is 25. The van der Waals surface area contributed by atoms with Crippen molar-refractivity contribution in [2.75, 3.05) is 158 Å². The van der Waals surface area contributed by atoms with Crippen molar-refractivity contribution < 1.29 is 114 Å². The third-order valence-corrected chi connectivity index (χ3v) is 19.6. The van der Waals surface area contributed by atoms with Gasteiger partial charge in [0, 0.05) is 13.1 Å². The molecule has 0 aliphatic carbocycles. The summed E-state index contributed by atoms with van der Waals surface area (Å²) in [5.41, 5.74) is 8.06. The summed E-state index contributed by atoms with van der Waals surface area (Å²) in [5, 5.41) is 25.6. The summed E-state index contributed by atoms with van der Waals surface area (Å²) in [6, 6.07) is 79.6. The van der Waals surface area contributed by atoms with Crippen molar-refractivity contribution in [2.45, 2.75) is 165 Å². The Bertz CT molecular complexity index is 3650. The van der Waals surface area contributed by atoms with Crippen molar-refractivity contribution in [1.29, 1.82) is 0 Å². The van der Waals surface area contributed by atoms with Gasteiger partial charge in [-0.25, -0.2) is 0 Å². The highest BCUT2D eigenvalue weighted by Crippen LogP contribution is 2.25. The number of aliphatic hydroxyl groups is 2. The van der Waals surface area contributed by atoms with Crippen LogP contribution in [0.2, 0.25) is 0 Å². The lowest BCUT2D eigenvalue weighted by Crippen LogP contribution is -2.38. The molecule has 2 fully saturated rings. The molecule has 0 spiro atoms. The van der Waals surface area contributed by atoms with E-state index in [0.717, 1.165) is 44.5 Å². The van der Waals surface area contributed by atoms with Crippen LogP contribution >= 0.6 is 0 Å². The SMILES string of the molecule is CC1(C)OCC(COCC(COCC(COCC(COCC(COCC(O)CNCC(O)COCC(COCC(COCC(COCC(COCC2COC(C)(C)O2)OCc2ccccc2)OCc2ccccc2)OCc2ccccc2)OCc2ccccc2)OCc2ccccc2)OCc2ccccc2)OCc2ccccc2)OCc2ccccc2)O1. The monoisotopic (exact) mass is 1710 g/mol. The predicted octanol–water partition coefficient (Wildman–Crippen LogP) is 12.4. The number of rotatable bonds is 68. The molecule has 8 aromatic carbocycles. The van der Waals surface area contributed by atoms with Gasteiger partial charge in [-0.3, -0.25) is 0 Å². The lowest BCUT2D eigenvalue weighted by atomic mass is 10.2. The Labute approximate surface area is 727 Å². The Hall–Kier alpha value is -7.24. The third kappa shape index (κ3) is 42.7. The number of benzene rings is 8. The van der Waals surface area contributed by atoms with Crippen LogP contribution in [0.3, 0.4) is 0 Å². The number of ether oxygens (including phenoxy) is 22. The lowest BCUT2D eigenvalue weighted by molar-refractivity contribution is -0.149. The predicted molar refractivity (Wildman–Crippen MR) is 463 cm³/mol. The number of nitrogens with one attached hydrogen (secondary N) is 1. The van der Waals surface area contributed by atoms with Crippen LogP contribution in [0, 0.1) is 0 Å². The van der Waals surface area contributed by atoms with E-state index in [1.54, 1.807) is 0 Å². The van der Waals surface area contributed by atoms with Gasteiger partial charge in [0.05, 0.1) is 210 Å². The molecule has 672 valence electrons. The minimum atomic E-state index is -0.920. The molecule has 2 aliphatic rings. The maximum atomic E-state index is 11.2. The smallest absolute Gasteiger partial charge is 0.163 e. The highest BCUT2D eigenvalue weighted by molar-refractivity contribution is 5.19. The van der Waals surface area contributed by atoms with Crippen LogP contribution in [0.5, 0.6) is 0 Å². The van der Waals surface area contributed by atoms with Gasteiger partial charge in [-0.05, 0) is 72.2 Å². The molecule has 10 rings (SSSR count). The summed E-state index contributed by atoms with van der Waals surface area (Å²) in [4.78, 5) is 0. The van der Waals surface area contributed by atoms with Crippen molar-refractivity contribution in [2.24, 2.45) is 0 Å². The maximum absolute atomic E-state index is 11.2. The van der Waals surface area contributed by atoms with Gasteiger partial charge in [0.25, 0.3) is 0 Å². The molecule has 25 nitrogen and oxygen atoms in total. The average molecular weight is 1710 g/mol. The number of hydrogen-bond donors (Lipinski definition) is 3. The van der Waals surface area contributed by atoms with Gasteiger partial charge in [0.15, 0.2) is 11.6 Å². The van der Waals surface area contributed by atoms with Gasteiger partial charge in [-0.2, -0.15) is 0 Å². The fraction of sp³-hybridized carbons (Fsp3) is 0.510. The zero-order valence-electron chi connectivity index (χ0n) is 72.0. The molecule has 3 N–H and O–H groups in total. The second-order valence-electron chi connectivity index (χ2n) is 31.6. The van der Waals surface area contributed by atoms with Crippen molar-refractivity contribution in [3.05, 3.63) is 287 Å². The summed E-state index contributed by atoms with van der Waals surface area (Å²) in [6.07, 6.45) is -5.94. The molecule has 123 heavy (non-hydrogen) atoms. The van der Waals surface area contributed by atoms with Crippen LogP contribution in [-0.4, -0.2) is 253 Å². The molecule has 0 aromatic heterocycles. The van der Waals surface area contributed by atoms with Crippen LogP contribution in [-0.2, 0) is 157 Å². The minimum Gasteiger partial charge on any atom is -0.389 e. The van der Waals surface area contributed by atoms with E-state index < -0.39 is 60.4 Å². The molecule has 0 amide bonds. The van der Waals surface area contributed by atoms with E-state index in [4.69, 9.17) is 104 Å². The molecular formula is C98H131NO24. The van der Waals surface area contributed by atoms with Gasteiger partial charge < -0.3 is 120 Å². The highest BCUT2D eigenvalue weighted by Gasteiger charge is 2.35. The van der Waals surface area contributed by atoms with E-state index in [9.17, 15) is 10.2 Å². The standard InChI is InChI=1S/C98H131NO24/c1-97(2)120-75-95(122-97)73-110-71-93(118-53-83-41-25-11-26-42-83)69-108-67-91(116-51-81-37-21-9-22-38-81)65-106-63-89(114-49-79-33-17-7-18-34-79)61-104-59-87(112-47-77-29-13-5-14-30-77)57-102-55-85(100)45-99-46-86(101)56-103-58-88(113-48-78-31-15-6-16-32-78)60-105-62-90(115-50-80-35-19-8-20-36-80)64-107-66-92(117-52-82-39-23-10-24-40-82)68-109-70-94(119-54-84-43-27-12-28-44-84)72-111-74-96-76-121-98(3,4)123-96/h5-44,85-96,99-101H,45-76H2,1-4H3. The lowest BCUT2D eigenvalue weighted by Gasteiger charge is -2.24. The van der Waals surface area contributed by atoms with E-state index >= 15 is 0 Å². The molecular weight excluding hydrogens is 1580 g/mol. The second kappa shape index (κ2) is 58.2. The molecule has 8 aromatic rings. The molecule has 0 saturated carbocycles. The first-order chi connectivity index (χ1) is 60.2. The first-order valence-electron chi connectivity index (χ1n) is 43.0. The zero-order chi connectivity index (χ0) is 85.7. The third-order valence-electron chi connectivity index (χ3n) is 19.6. The molecule has 2 aliphatic heterocycles. The minimum absolute atomic E-state index is 0.0151. The molecule has 12 atom stereocenters. The Morgan fingerprint density at radius 1 is 0.252 bits per heavy atom. The van der Waals surface area contributed by atoms with Crippen LogP contribution in [0.25, 0.3) is 0 Å². The molecule has 0 bridgehead atoms. The zero-order valence-corrected chi connectivity index (χ0v) is 72.0. The van der Waals surface area contributed by atoms with E-state index in [-0.39, 0.29) is 156 Å². The van der Waals surface area contributed by atoms with Crippen LogP contribution in [0.1, 0.15) is 72.2 Å². The highest BCUT2D eigenvalue weighted by atomic mass is 16.8. The molecule has 2 heterocycles. The summed E-state index contributed by atoms with van der Waals surface area (Å²) in [7, 11) is 0. The first-order valence-corrected chi connectivity index (χ1v) is 43.0. The topological polar surface area (TPSA) is 256 Å². The Morgan fingerprint density at radius 3 is 0.577 bits per heavy atom.